The van der Waals surface area contributed by atoms with Crippen molar-refractivity contribution in [1.29, 1.82) is 0 Å². The van der Waals surface area contributed by atoms with Gasteiger partial charge in [-0.05, 0) is 31.4 Å². The van der Waals surface area contributed by atoms with Crippen molar-refractivity contribution < 1.29 is 14.6 Å². The largest absolute Gasteiger partial charge is 0.481 e. The van der Waals surface area contributed by atoms with Gasteiger partial charge in [0.25, 0.3) is 0 Å². The number of rotatable bonds is 7. The highest BCUT2D eigenvalue weighted by Crippen LogP contribution is 2.19. The molecule has 4 nitrogen and oxygen atoms in total. The Bertz CT molecular complexity index is 388. The number of hydrogen-bond donors (Lipinski definition) is 1. The van der Waals surface area contributed by atoms with Gasteiger partial charge in [0.2, 0.25) is 0 Å². The molecule has 2 rings (SSSR count). The van der Waals surface area contributed by atoms with Gasteiger partial charge in [0.05, 0.1) is 12.5 Å². The number of para-hydroxylation sites is 1. The summed E-state index contributed by atoms with van der Waals surface area (Å²) in [5.74, 6) is -0.752. The summed E-state index contributed by atoms with van der Waals surface area (Å²) in [5, 5.41) is 8.84. The standard InChI is InChI=1S/C15H21NO3/c17-15(18)9-11-16(13-5-2-1-3-6-13)10-8-14-7-4-12-19-14/h1-3,5-6,14H,4,7-12H2,(H,17,18). The molecule has 0 amide bonds. The van der Waals surface area contributed by atoms with Crippen LogP contribution in [0.15, 0.2) is 30.3 Å². The minimum absolute atomic E-state index is 0.167. The summed E-state index contributed by atoms with van der Waals surface area (Å²) < 4.78 is 5.62. The van der Waals surface area contributed by atoms with E-state index in [0.717, 1.165) is 38.1 Å². The second-order valence-electron chi connectivity index (χ2n) is 4.89. The van der Waals surface area contributed by atoms with Gasteiger partial charge in [-0.3, -0.25) is 4.79 Å². The monoisotopic (exact) mass is 263 g/mol. The van der Waals surface area contributed by atoms with E-state index in [1.54, 1.807) is 0 Å². The quantitative estimate of drug-likeness (QED) is 0.821. The lowest BCUT2D eigenvalue weighted by molar-refractivity contribution is -0.136. The summed E-state index contributed by atoms with van der Waals surface area (Å²) in [4.78, 5) is 12.9. The second kappa shape index (κ2) is 7.14. The molecule has 1 aliphatic heterocycles. The van der Waals surface area contributed by atoms with Crippen molar-refractivity contribution in [2.75, 3.05) is 24.6 Å². The number of aliphatic carboxylic acids is 1. The lowest BCUT2D eigenvalue weighted by Gasteiger charge is -2.25. The molecule has 19 heavy (non-hydrogen) atoms. The summed E-state index contributed by atoms with van der Waals surface area (Å²) in [6.07, 6.45) is 3.75. The van der Waals surface area contributed by atoms with Crippen LogP contribution in [0.1, 0.15) is 25.7 Å². The number of carboxylic acids is 1. The van der Waals surface area contributed by atoms with Gasteiger partial charge >= 0.3 is 5.97 Å². The smallest absolute Gasteiger partial charge is 0.305 e. The summed E-state index contributed by atoms with van der Waals surface area (Å²) in [6.45, 7) is 2.26. The molecular formula is C15H21NO3. The average Bonchev–Trinajstić information content (AvgIpc) is 2.93. The number of carboxylic acid groups (broad SMARTS) is 1. The van der Waals surface area contributed by atoms with Gasteiger partial charge in [0, 0.05) is 25.4 Å². The van der Waals surface area contributed by atoms with Crippen LogP contribution >= 0.6 is 0 Å². The molecule has 1 aromatic carbocycles. The number of hydrogen-bond acceptors (Lipinski definition) is 3. The van der Waals surface area contributed by atoms with Gasteiger partial charge in [0.1, 0.15) is 0 Å². The van der Waals surface area contributed by atoms with Crippen LogP contribution < -0.4 is 4.90 Å². The molecule has 1 atom stereocenters. The Balaban J connectivity index is 1.91. The summed E-state index contributed by atoms with van der Waals surface area (Å²) in [5.41, 5.74) is 1.08. The zero-order valence-corrected chi connectivity index (χ0v) is 11.1. The predicted molar refractivity (Wildman–Crippen MR) is 74.5 cm³/mol. The fourth-order valence-electron chi connectivity index (χ4n) is 2.41. The highest BCUT2D eigenvalue weighted by molar-refractivity contribution is 5.67. The highest BCUT2D eigenvalue weighted by Gasteiger charge is 2.17. The molecule has 0 radical (unpaired) electrons. The summed E-state index contributed by atoms with van der Waals surface area (Å²) in [6, 6.07) is 9.98. The first-order valence-electron chi connectivity index (χ1n) is 6.89. The Hall–Kier alpha value is -1.55. The van der Waals surface area contributed by atoms with Crippen molar-refractivity contribution in [2.24, 2.45) is 0 Å². The Morgan fingerprint density at radius 2 is 2.11 bits per heavy atom. The van der Waals surface area contributed by atoms with Gasteiger partial charge in [-0.15, -0.1) is 0 Å². The lowest BCUT2D eigenvalue weighted by Crippen LogP contribution is -2.29. The number of anilines is 1. The van der Waals surface area contributed by atoms with Crippen molar-refractivity contribution in [2.45, 2.75) is 31.8 Å². The zero-order valence-electron chi connectivity index (χ0n) is 11.1. The first kappa shape index (κ1) is 13.9. The molecule has 0 saturated carbocycles. The molecule has 0 bridgehead atoms. The van der Waals surface area contributed by atoms with Crippen molar-refractivity contribution in [3.05, 3.63) is 30.3 Å². The maximum Gasteiger partial charge on any atom is 0.305 e. The Morgan fingerprint density at radius 3 is 2.74 bits per heavy atom. The molecule has 0 aromatic heterocycles. The summed E-state index contributed by atoms with van der Waals surface area (Å²) >= 11 is 0. The molecule has 4 heteroatoms. The van der Waals surface area contributed by atoms with Crippen LogP contribution in [0.5, 0.6) is 0 Å². The van der Waals surface area contributed by atoms with E-state index in [9.17, 15) is 4.79 Å². The molecule has 1 aromatic rings. The predicted octanol–water partition coefficient (Wildman–Crippen LogP) is 2.54. The van der Waals surface area contributed by atoms with Crippen molar-refractivity contribution in [3.63, 3.8) is 0 Å². The summed E-state index contributed by atoms with van der Waals surface area (Å²) in [7, 11) is 0. The third kappa shape index (κ3) is 4.56. The van der Waals surface area contributed by atoms with Crippen LogP contribution in [0, 0.1) is 0 Å². The molecule has 104 valence electrons. The van der Waals surface area contributed by atoms with Crippen LogP contribution in [0.3, 0.4) is 0 Å². The van der Waals surface area contributed by atoms with Gasteiger partial charge in [-0.2, -0.15) is 0 Å². The van der Waals surface area contributed by atoms with Gasteiger partial charge in [0.15, 0.2) is 0 Å². The van der Waals surface area contributed by atoms with Crippen LogP contribution in [0.2, 0.25) is 0 Å². The molecule has 1 heterocycles. The zero-order chi connectivity index (χ0) is 13.5. The third-order valence-electron chi connectivity index (χ3n) is 3.46. The minimum Gasteiger partial charge on any atom is -0.481 e. The minimum atomic E-state index is -0.752. The molecule has 1 N–H and O–H groups in total. The first-order valence-corrected chi connectivity index (χ1v) is 6.89. The van der Waals surface area contributed by atoms with Gasteiger partial charge in [-0.25, -0.2) is 0 Å². The highest BCUT2D eigenvalue weighted by atomic mass is 16.5. The SMILES string of the molecule is O=C(O)CCN(CCC1CCCO1)c1ccccc1. The maximum atomic E-state index is 10.7. The van der Waals surface area contributed by atoms with Crippen molar-refractivity contribution >= 4 is 11.7 Å². The number of benzene rings is 1. The average molecular weight is 263 g/mol. The van der Waals surface area contributed by atoms with Crippen LogP contribution in [0.25, 0.3) is 0 Å². The van der Waals surface area contributed by atoms with E-state index in [-0.39, 0.29) is 6.42 Å². The molecular weight excluding hydrogens is 242 g/mol. The van der Waals surface area contributed by atoms with E-state index >= 15 is 0 Å². The van der Waals surface area contributed by atoms with Gasteiger partial charge in [-0.1, -0.05) is 18.2 Å². The number of ether oxygens (including phenoxy) is 1. The van der Waals surface area contributed by atoms with Crippen LogP contribution in [-0.2, 0) is 9.53 Å². The van der Waals surface area contributed by atoms with E-state index in [0.29, 0.717) is 12.6 Å². The Labute approximate surface area is 114 Å². The Kier molecular flexibility index (Phi) is 5.21. The number of carbonyl (C=O) groups is 1. The van der Waals surface area contributed by atoms with E-state index in [2.05, 4.69) is 4.90 Å². The van der Waals surface area contributed by atoms with Crippen LogP contribution in [-0.4, -0.2) is 36.9 Å². The van der Waals surface area contributed by atoms with Crippen LogP contribution in [0.4, 0.5) is 5.69 Å². The van der Waals surface area contributed by atoms with Crippen molar-refractivity contribution in [3.8, 4) is 0 Å². The normalized spacial score (nSPS) is 18.4. The number of nitrogens with zero attached hydrogens (tertiary/aromatic N) is 1. The van der Waals surface area contributed by atoms with E-state index in [4.69, 9.17) is 9.84 Å². The third-order valence-corrected chi connectivity index (χ3v) is 3.46. The van der Waals surface area contributed by atoms with Gasteiger partial charge < -0.3 is 14.7 Å². The molecule has 0 aliphatic carbocycles. The van der Waals surface area contributed by atoms with E-state index < -0.39 is 5.97 Å². The fraction of sp³-hybridized carbons (Fsp3) is 0.533. The molecule has 1 unspecified atom stereocenters. The molecule has 1 saturated heterocycles. The Morgan fingerprint density at radius 1 is 1.32 bits per heavy atom. The lowest BCUT2D eigenvalue weighted by atomic mass is 10.1. The molecule has 0 spiro atoms. The molecule has 1 fully saturated rings. The second-order valence-corrected chi connectivity index (χ2v) is 4.89. The maximum absolute atomic E-state index is 10.7. The molecule has 1 aliphatic rings. The van der Waals surface area contributed by atoms with E-state index in [1.165, 1.54) is 0 Å². The fourth-order valence-corrected chi connectivity index (χ4v) is 2.41. The first-order chi connectivity index (χ1) is 9.25. The van der Waals surface area contributed by atoms with Crippen molar-refractivity contribution in [1.82, 2.24) is 0 Å². The van der Waals surface area contributed by atoms with E-state index in [1.807, 2.05) is 30.3 Å². The topological polar surface area (TPSA) is 49.8 Å².